The molecule has 0 bridgehead atoms. The van der Waals surface area contributed by atoms with Gasteiger partial charge in [-0.05, 0) is 37.1 Å². The molecule has 1 aliphatic carbocycles. The molecule has 0 N–H and O–H groups in total. The fourth-order valence-corrected chi connectivity index (χ4v) is 3.69. The van der Waals surface area contributed by atoms with Gasteiger partial charge in [0.1, 0.15) is 5.01 Å². The molecule has 0 amide bonds. The van der Waals surface area contributed by atoms with Crippen LogP contribution < -0.4 is 0 Å². The first-order chi connectivity index (χ1) is 8.31. The zero-order valence-electron chi connectivity index (χ0n) is 9.23. The third-order valence-corrected chi connectivity index (χ3v) is 5.34. The van der Waals surface area contributed by atoms with Crippen LogP contribution in [0, 0.1) is 0 Å². The maximum Gasteiger partial charge on any atom is 0.103 e. The number of benzene rings is 1. The van der Waals surface area contributed by atoms with Crippen LogP contribution in [-0.2, 0) is 5.75 Å². The molecule has 0 atom stereocenters. The van der Waals surface area contributed by atoms with E-state index in [2.05, 4.69) is 45.6 Å². The van der Waals surface area contributed by atoms with Crippen LogP contribution >= 0.6 is 39.0 Å². The highest BCUT2D eigenvalue weighted by Crippen LogP contribution is 2.40. The summed E-state index contributed by atoms with van der Waals surface area (Å²) in [6.07, 6.45) is 2.67. The topological polar surface area (TPSA) is 12.9 Å². The van der Waals surface area contributed by atoms with E-state index in [1.807, 2.05) is 11.8 Å². The highest BCUT2D eigenvalue weighted by atomic mass is 79.9. The maximum absolute atomic E-state index is 4.69. The second kappa shape index (κ2) is 5.12. The van der Waals surface area contributed by atoms with Crippen LogP contribution in [0.25, 0.3) is 0 Å². The number of thioether (sulfide) groups is 1. The molecule has 1 aromatic heterocycles. The van der Waals surface area contributed by atoms with Gasteiger partial charge < -0.3 is 0 Å². The maximum atomic E-state index is 4.69. The Morgan fingerprint density at radius 1 is 1.29 bits per heavy atom. The molecule has 1 aliphatic rings. The standard InChI is InChI=1S/C13H12BrNS2/c14-10-3-5-11(6-4-10)16-8-13-15-12(7-17-13)9-1-2-9/h3-7,9H,1-2,8H2. The van der Waals surface area contributed by atoms with E-state index in [0.29, 0.717) is 0 Å². The van der Waals surface area contributed by atoms with Crippen molar-refractivity contribution in [3.63, 3.8) is 0 Å². The first kappa shape index (κ1) is 11.8. The summed E-state index contributed by atoms with van der Waals surface area (Å²) in [7, 11) is 0. The molecule has 0 unspecified atom stereocenters. The quantitative estimate of drug-likeness (QED) is 0.727. The van der Waals surface area contributed by atoms with Gasteiger partial charge in [0.05, 0.1) is 11.4 Å². The predicted molar refractivity (Wildman–Crippen MR) is 77.8 cm³/mol. The van der Waals surface area contributed by atoms with Crippen LogP contribution in [0.4, 0.5) is 0 Å². The Labute approximate surface area is 118 Å². The van der Waals surface area contributed by atoms with Gasteiger partial charge in [-0.15, -0.1) is 23.1 Å². The molecule has 88 valence electrons. The Morgan fingerprint density at radius 3 is 2.76 bits per heavy atom. The molecule has 1 aromatic carbocycles. The summed E-state index contributed by atoms with van der Waals surface area (Å²) in [5.41, 5.74) is 1.32. The van der Waals surface area contributed by atoms with Gasteiger partial charge in [0.15, 0.2) is 0 Å². The molecular formula is C13H12BrNS2. The average molecular weight is 326 g/mol. The van der Waals surface area contributed by atoms with Crippen LogP contribution in [0.15, 0.2) is 39.0 Å². The van der Waals surface area contributed by atoms with Gasteiger partial charge in [0.25, 0.3) is 0 Å². The largest absolute Gasteiger partial charge is 0.245 e. The Morgan fingerprint density at radius 2 is 2.06 bits per heavy atom. The van der Waals surface area contributed by atoms with Crippen molar-refractivity contribution < 1.29 is 0 Å². The van der Waals surface area contributed by atoms with E-state index in [1.54, 1.807) is 11.3 Å². The molecule has 1 fully saturated rings. The van der Waals surface area contributed by atoms with Crippen molar-refractivity contribution in [1.82, 2.24) is 4.98 Å². The minimum atomic E-state index is 0.776. The molecule has 3 rings (SSSR count). The van der Waals surface area contributed by atoms with Gasteiger partial charge in [-0.1, -0.05) is 15.9 Å². The van der Waals surface area contributed by atoms with Gasteiger partial charge in [-0.25, -0.2) is 4.98 Å². The van der Waals surface area contributed by atoms with Crippen LogP contribution in [0.5, 0.6) is 0 Å². The molecular weight excluding hydrogens is 314 g/mol. The summed E-state index contributed by atoms with van der Waals surface area (Å²) < 4.78 is 1.13. The highest BCUT2D eigenvalue weighted by molar-refractivity contribution is 9.10. The fraction of sp³-hybridized carbons (Fsp3) is 0.308. The number of hydrogen-bond acceptors (Lipinski definition) is 3. The lowest BCUT2D eigenvalue weighted by atomic mass is 10.3. The van der Waals surface area contributed by atoms with Crippen LogP contribution in [0.3, 0.4) is 0 Å². The molecule has 0 aliphatic heterocycles. The van der Waals surface area contributed by atoms with Gasteiger partial charge in [0, 0.05) is 20.7 Å². The lowest BCUT2D eigenvalue weighted by molar-refractivity contribution is 1.03. The molecule has 0 spiro atoms. The van der Waals surface area contributed by atoms with Gasteiger partial charge in [-0.2, -0.15) is 0 Å². The monoisotopic (exact) mass is 325 g/mol. The van der Waals surface area contributed by atoms with E-state index in [-0.39, 0.29) is 0 Å². The second-order valence-electron chi connectivity index (χ2n) is 4.18. The van der Waals surface area contributed by atoms with E-state index in [0.717, 1.165) is 16.1 Å². The summed E-state index contributed by atoms with van der Waals surface area (Å²) in [5, 5.41) is 3.48. The number of nitrogens with zero attached hydrogens (tertiary/aromatic N) is 1. The SMILES string of the molecule is Brc1ccc(SCc2nc(C3CC3)cs2)cc1. The van der Waals surface area contributed by atoms with Crippen molar-refractivity contribution in [2.45, 2.75) is 29.4 Å². The second-order valence-corrected chi connectivity index (χ2v) is 7.09. The number of thiazole rings is 1. The molecule has 4 heteroatoms. The van der Waals surface area contributed by atoms with Crippen molar-refractivity contribution in [1.29, 1.82) is 0 Å². The average Bonchev–Trinajstić information content (AvgIpc) is 3.09. The van der Waals surface area contributed by atoms with Gasteiger partial charge in [-0.3, -0.25) is 0 Å². The van der Waals surface area contributed by atoms with Crippen LogP contribution in [0.1, 0.15) is 29.5 Å². The first-order valence-electron chi connectivity index (χ1n) is 5.64. The van der Waals surface area contributed by atoms with E-state index in [9.17, 15) is 0 Å². The zero-order chi connectivity index (χ0) is 11.7. The normalized spacial score (nSPS) is 15.1. The summed E-state index contributed by atoms with van der Waals surface area (Å²) >= 11 is 7.10. The van der Waals surface area contributed by atoms with E-state index >= 15 is 0 Å². The predicted octanol–water partition coefficient (Wildman–Crippen LogP) is 5.08. The van der Waals surface area contributed by atoms with E-state index in [4.69, 9.17) is 4.98 Å². The minimum absolute atomic E-state index is 0.776. The Kier molecular flexibility index (Phi) is 3.54. The van der Waals surface area contributed by atoms with Gasteiger partial charge in [0.2, 0.25) is 0 Å². The number of hydrogen-bond donors (Lipinski definition) is 0. The molecule has 0 radical (unpaired) electrons. The minimum Gasteiger partial charge on any atom is -0.245 e. The Hall–Kier alpha value is -0.320. The number of halogens is 1. The van der Waals surface area contributed by atoms with Crippen molar-refractivity contribution in [3.05, 3.63) is 44.8 Å². The lowest BCUT2D eigenvalue weighted by Gasteiger charge is -1.99. The van der Waals surface area contributed by atoms with Crippen molar-refractivity contribution >= 4 is 39.0 Å². The third-order valence-electron chi connectivity index (χ3n) is 2.74. The van der Waals surface area contributed by atoms with Crippen molar-refractivity contribution in [2.24, 2.45) is 0 Å². The molecule has 17 heavy (non-hydrogen) atoms. The highest BCUT2D eigenvalue weighted by Gasteiger charge is 2.25. The van der Waals surface area contributed by atoms with E-state index in [1.165, 1.54) is 28.4 Å². The van der Waals surface area contributed by atoms with Crippen molar-refractivity contribution in [2.75, 3.05) is 0 Å². The van der Waals surface area contributed by atoms with E-state index < -0.39 is 0 Å². The Balaban J connectivity index is 1.60. The van der Waals surface area contributed by atoms with Crippen LogP contribution in [-0.4, -0.2) is 4.98 Å². The fourth-order valence-electron chi connectivity index (χ4n) is 1.63. The first-order valence-corrected chi connectivity index (χ1v) is 8.30. The molecule has 0 saturated heterocycles. The zero-order valence-corrected chi connectivity index (χ0v) is 12.4. The molecule has 1 nitrogen and oxygen atoms in total. The number of aromatic nitrogens is 1. The lowest BCUT2D eigenvalue weighted by Crippen LogP contribution is -1.82. The molecule has 1 saturated carbocycles. The Bertz CT molecular complexity index is 502. The molecule has 2 aromatic rings. The summed E-state index contributed by atoms with van der Waals surface area (Å²) in [5.74, 6) is 1.76. The molecule has 1 heterocycles. The smallest absolute Gasteiger partial charge is 0.103 e. The van der Waals surface area contributed by atoms with Crippen molar-refractivity contribution in [3.8, 4) is 0 Å². The van der Waals surface area contributed by atoms with Gasteiger partial charge >= 0.3 is 0 Å². The summed E-state index contributed by atoms with van der Waals surface area (Å²) in [6.45, 7) is 0. The third kappa shape index (κ3) is 3.12. The van der Waals surface area contributed by atoms with Crippen LogP contribution in [0.2, 0.25) is 0 Å². The summed E-state index contributed by atoms with van der Waals surface area (Å²) in [6, 6.07) is 8.45. The number of rotatable bonds is 4. The summed E-state index contributed by atoms with van der Waals surface area (Å²) in [4.78, 5) is 6.00.